The number of hydrogen-bond acceptors (Lipinski definition) is 3. The van der Waals surface area contributed by atoms with Crippen LogP contribution in [0.2, 0.25) is 5.02 Å². The molecule has 0 aromatic heterocycles. The number of rotatable bonds is 3. The fourth-order valence-corrected chi connectivity index (χ4v) is 2.61. The molecule has 1 fully saturated rings. The molecular formula is C15H24Cl3N3O. The highest BCUT2D eigenvalue weighted by atomic mass is 35.5. The Labute approximate surface area is 149 Å². The fourth-order valence-electron chi connectivity index (χ4n) is 2.49. The number of amides is 1. The molecular weight excluding hydrogens is 345 g/mol. The SMILES string of the molecule is CC(N)C(=O)N1CCCN(Cc2ccc(Cl)cc2)CC1.Cl.Cl. The third kappa shape index (κ3) is 6.31. The molecule has 7 heteroatoms. The van der Waals surface area contributed by atoms with Crippen LogP contribution in [0.25, 0.3) is 0 Å². The van der Waals surface area contributed by atoms with E-state index in [9.17, 15) is 4.79 Å². The summed E-state index contributed by atoms with van der Waals surface area (Å²) in [6.07, 6.45) is 0.992. The summed E-state index contributed by atoms with van der Waals surface area (Å²) in [6.45, 7) is 6.11. The van der Waals surface area contributed by atoms with Gasteiger partial charge in [0.05, 0.1) is 6.04 Å². The van der Waals surface area contributed by atoms with E-state index in [1.807, 2.05) is 17.0 Å². The number of carbonyl (C=O) groups is 1. The summed E-state index contributed by atoms with van der Waals surface area (Å²) in [4.78, 5) is 16.2. The van der Waals surface area contributed by atoms with Gasteiger partial charge in [-0.1, -0.05) is 23.7 Å². The molecule has 0 saturated carbocycles. The van der Waals surface area contributed by atoms with Gasteiger partial charge in [0.25, 0.3) is 0 Å². The molecule has 2 N–H and O–H groups in total. The highest BCUT2D eigenvalue weighted by molar-refractivity contribution is 6.30. The second-order valence-corrected chi connectivity index (χ2v) is 5.81. The Hall–Kier alpha value is -0.520. The maximum atomic E-state index is 11.9. The Morgan fingerprint density at radius 2 is 1.82 bits per heavy atom. The smallest absolute Gasteiger partial charge is 0.239 e. The van der Waals surface area contributed by atoms with Gasteiger partial charge in [0.15, 0.2) is 0 Å². The van der Waals surface area contributed by atoms with Crippen LogP contribution in [0.15, 0.2) is 24.3 Å². The van der Waals surface area contributed by atoms with Crippen LogP contribution in [-0.4, -0.2) is 47.9 Å². The molecule has 1 amide bonds. The lowest BCUT2D eigenvalue weighted by molar-refractivity contribution is -0.132. The number of halogens is 3. The lowest BCUT2D eigenvalue weighted by Crippen LogP contribution is -2.43. The maximum Gasteiger partial charge on any atom is 0.239 e. The molecule has 1 aromatic rings. The summed E-state index contributed by atoms with van der Waals surface area (Å²) in [6, 6.07) is 7.54. The van der Waals surface area contributed by atoms with Crippen LogP contribution in [0, 0.1) is 0 Å². The Balaban J connectivity index is 0.00000220. The van der Waals surface area contributed by atoms with E-state index in [1.165, 1.54) is 5.56 Å². The Morgan fingerprint density at radius 1 is 1.18 bits per heavy atom. The van der Waals surface area contributed by atoms with Crippen molar-refractivity contribution in [2.45, 2.75) is 25.9 Å². The van der Waals surface area contributed by atoms with Crippen LogP contribution in [-0.2, 0) is 11.3 Å². The molecule has 0 spiro atoms. The molecule has 1 aliphatic rings. The van der Waals surface area contributed by atoms with Crippen molar-refractivity contribution in [2.24, 2.45) is 5.73 Å². The third-order valence-corrected chi connectivity index (χ3v) is 3.86. The summed E-state index contributed by atoms with van der Waals surface area (Å²) in [5.41, 5.74) is 6.92. The molecule has 1 atom stereocenters. The van der Waals surface area contributed by atoms with Gasteiger partial charge in [0.2, 0.25) is 5.91 Å². The molecule has 2 rings (SSSR count). The molecule has 1 aliphatic heterocycles. The van der Waals surface area contributed by atoms with Gasteiger partial charge in [-0.15, -0.1) is 24.8 Å². The van der Waals surface area contributed by atoms with Crippen molar-refractivity contribution in [1.82, 2.24) is 9.80 Å². The molecule has 0 radical (unpaired) electrons. The normalized spacial score (nSPS) is 17.0. The fraction of sp³-hybridized carbons (Fsp3) is 0.533. The lowest BCUT2D eigenvalue weighted by atomic mass is 10.2. The zero-order chi connectivity index (χ0) is 14.5. The standard InChI is InChI=1S/C15H22ClN3O.2ClH/c1-12(17)15(20)19-8-2-7-18(9-10-19)11-13-3-5-14(16)6-4-13;;/h3-6,12H,2,7-11,17H2,1H3;2*1H. The van der Waals surface area contributed by atoms with Gasteiger partial charge in [0.1, 0.15) is 0 Å². The minimum Gasteiger partial charge on any atom is -0.340 e. The summed E-state index contributed by atoms with van der Waals surface area (Å²) in [5.74, 6) is 0.0540. The van der Waals surface area contributed by atoms with Crippen molar-refractivity contribution in [3.63, 3.8) is 0 Å². The predicted octanol–water partition coefficient (Wildman–Crippen LogP) is 2.57. The predicted molar refractivity (Wildman–Crippen MR) is 96.1 cm³/mol. The van der Waals surface area contributed by atoms with E-state index < -0.39 is 6.04 Å². The summed E-state index contributed by atoms with van der Waals surface area (Å²) in [7, 11) is 0. The molecule has 0 bridgehead atoms. The molecule has 0 aliphatic carbocycles. The van der Waals surface area contributed by atoms with Crippen LogP contribution in [0.5, 0.6) is 0 Å². The molecule has 1 aromatic carbocycles. The quantitative estimate of drug-likeness (QED) is 0.892. The number of hydrogen-bond donors (Lipinski definition) is 1. The van der Waals surface area contributed by atoms with Gasteiger partial charge in [-0.3, -0.25) is 9.69 Å². The van der Waals surface area contributed by atoms with E-state index in [1.54, 1.807) is 6.92 Å². The van der Waals surface area contributed by atoms with Crippen molar-refractivity contribution in [1.29, 1.82) is 0 Å². The number of nitrogens with zero attached hydrogens (tertiary/aromatic N) is 2. The van der Waals surface area contributed by atoms with Gasteiger partial charge >= 0.3 is 0 Å². The van der Waals surface area contributed by atoms with E-state index in [0.717, 1.165) is 44.2 Å². The highest BCUT2D eigenvalue weighted by Gasteiger charge is 2.21. The molecule has 1 saturated heterocycles. The van der Waals surface area contributed by atoms with Crippen molar-refractivity contribution in [2.75, 3.05) is 26.2 Å². The van der Waals surface area contributed by atoms with Gasteiger partial charge in [-0.25, -0.2) is 0 Å². The lowest BCUT2D eigenvalue weighted by Gasteiger charge is -2.23. The molecule has 4 nitrogen and oxygen atoms in total. The zero-order valence-corrected chi connectivity index (χ0v) is 15.1. The van der Waals surface area contributed by atoms with Gasteiger partial charge < -0.3 is 10.6 Å². The van der Waals surface area contributed by atoms with Crippen LogP contribution in [0.1, 0.15) is 18.9 Å². The topological polar surface area (TPSA) is 49.6 Å². The first-order chi connectivity index (χ1) is 9.56. The van der Waals surface area contributed by atoms with Gasteiger partial charge in [0, 0.05) is 37.7 Å². The summed E-state index contributed by atoms with van der Waals surface area (Å²) >= 11 is 5.89. The molecule has 22 heavy (non-hydrogen) atoms. The molecule has 1 heterocycles. The largest absolute Gasteiger partial charge is 0.340 e. The van der Waals surface area contributed by atoms with E-state index in [2.05, 4.69) is 17.0 Å². The molecule has 1 unspecified atom stereocenters. The van der Waals surface area contributed by atoms with Crippen LogP contribution in [0.3, 0.4) is 0 Å². The molecule has 126 valence electrons. The number of benzene rings is 1. The first kappa shape index (κ1) is 21.5. The van der Waals surface area contributed by atoms with E-state index in [4.69, 9.17) is 17.3 Å². The first-order valence-electron chi connectivity index (χ1n) is 7.07. The second kappa shape index (κ2) is 10.3. The van der Waals surface area contributed by atoms with Crippen molar-refractivity contribution in [3.8, 4) is 0 Å². The monoisotopic (exact) mass is 367 g/mol. The van der Waals surface area contributed by atoms with Crippen molar-refractivity contribution < 1.29 is 4.79 Å². The second-order valence-electron chi connectivity index (χ2n) is 5.37. The zero-order valence-electron chi connectivity index (χ0n) is 12.7. The highest BCUT2D eigenvalue weighted by Crippen LogP contribution is 2.13. The average Bonchev–Trinajstić information content (AvgIpc) is 2.66. The van der Waals surface area contributed by atoms with Crippen LogP contribution >= 0.6 is 36.4 Å². The van der Waals surface area contributed by atoms with Crippen molar-refractivity contribution in [3.05, 3.63) is 34.9 Å². The minimum atomic E-state index is -0.405. The summed E-state index contributed by atoms with van der Waals surface area (Å²) < 4.78 is 0. The number of nitrogens with two attached hydrogens (primary N) is 1. The average molecular weight is 369 g/mol. The van der Waals surface area contributed by atoms with E-state index >= 15 is 0 Å². The van der Waals surface area contributed by atoms with Crippen LogP contribution in [0.4, 0.5) is 0 Å². The maximum absolute atomic E-state index is 11.9. The van der Waals surface area contributed by atoms with E-state index in [0.29, 0.717) is 0 Å². The van der Waals surface area contributed by atoms with E-state index in [-0.39, 0.29) is 30.7 Å². The van der Waals surface area contributed by atoms with Crippen molar-refractivity contribution >= 4 is 42.3 Å². The third-order valence-electron chi connectivity index (χ3n) is 3.61. The minimum absolute atomic E-state index is 0. The summed E-state index contributed by atoms with van der Waals surface area (Å²) in [5, 5.41) is 0.762. The van der Waals surface area contributed by atoms with Gasteiger partial charge in [-0.05, 0) is 31.0 Å². The first-order valence-corrected chi connectivity index (χ1v) is 7.45. The Kier molecular flexibility index (Phi) is 10.0. The van der Waals surface area contributed by atoms with Crippen LogP contribution < -0.4 is 5.73 Å². The Bertz CT molecular complexity index is 454. The Morgan fingerprint density at radius 3 is 2.41 bits per heavy atom. The van der Waals surface area contributed by atoms with Gasteiger partial charge in [-0.2, -0.15) is 0 Å². The number of carbonyl (C=O) groups excluding carboxylic acids is 1.